The number of aldehydes is 1. The van der Waals surface area contributed by atoms with Crippen LogP contribution < -0.4 is 4.74 Å². The van der Waals surface area contributed by atoms with Gasteiger partial charge in [0.1, 0.15) is 5.56 Å². The number of hydrogen-bond acceptors (Lipinski definition) is 5. The average molecular weight is 308 g/mol. The Morgan fingerprint density at radius 3 is 2.78 bits per heavy atom. The molecule has 1 N–H and O–H groups in total. The Kier molecular flexibility index (Phi) is 3.72. The van der Waals surface area contributed by atoms with Crippen LogP contribution in [0, 0.1) is 6.92 Å². The summed E-state index contributed by atoms with van der Waals surface area (Å²) in [5, 5.41) is 9.96. The summed E-state index contributed by atoms with van der Waals surface area (Å²) < 4.78 is 5.51. The number of carbonyl (C=O) groups excluding carboxylic acids is 1. The van der Waals surface area contributed by atoms with E-state index in [0.29, 0.717) is 11.8 Å². The molecule has 0 bridgehead atoms. The van der Waals surface area contributed by atoms with Gasteiger partial charge < -0.3 is 9.84 Å². The van der Waals surface area contributed by atoms with E-state index >= 15 is 0 Å². The molecule has 0 aliphatic carbocycles. The van der Waals surface area contributed by atoms with Gasteiger partial charge in [0, 0.05) is 11.6 Å². The number of aromatic nitrogens is 2. The number of hydrogen-bond donors (Lipinski definition) is 1. The van der Waals surface area contributed by atoms with Crippen molar-refractivity contribution in [1.82, 2.24) is 9.97 Å². The first-order valence-electron chi connectivity index (χ1n) is 6.81. The lowest BCUT2D eigenvalue weighted by molar-refractivity contribution is 0.0693. The zero-order valence-electron chi connectivity index (χ0n) is 12.2. The quantitative estimate of drug-likeness (QED) is 0.744. The molecule has 3 rings (SSSR count). The summed E-state index contributed by atoms with van der Waals surface area (Å²) in [7, 11) is 0. The predicted molar refractivity (Wildman–Crippen MR) is 83.1 cm³/mol. The summed E-state index contributed by atoms with van der Waals surface area (Å²) in [6.45, 7) is 1.93. The summed E-state index contributed by atoms with van der Waals surface area (Å²) in [6, 6.07) is 10.1. The number of carboxylic acid groups (broad SMARTS) is 1. The van der Waals surface area contributed by atoms with Gasteiger partial charge in [0.2, 0.25) is 11.8 Å². The van der Waals surface area contributed by atoms with Crippen molar-refractivity contribution in [2.45, 2.75) is 6.92 Å². The first kappa shape index (κ1) is 14.6. The van der Waals surface area contributed by atoms with Gasteiger partial charge in [0.25, 0.3) is 0 Å². The third kappa shape index (κ3) is 2.87. The van der Waals surface area contributed by atoms with E-state index in [9.17, 15) is 9.59 Å². The molecule has 2 aromatic heterocycles. The molecule has 1 aromatic carbocycles. The minimum absolute atomic E-state index is 0.0271. The minimum atomic E-state index is -1.17. The van der Waals surface area contributed by atoms with Crippen LogP contribution in [0.1, 0.15) is 26.3 Å². The van der Waals surface area contributed by atoms with E-state index < -0.39 is 5.97 Å². The van der Waals surface area contributed by atoms with Gasteiger partial charge in [-0.3, -0.25) is 4.79 Å². The molecular weight excluding hydrogens is 296 g/mol. The van der Waals surface area contributed by atoms with Gasteiger partial charge in [-0.2, -0.15) is 0 Å². The third-order valence-electron chi connectivity index (χ3n) is 3.29. The summed E-state index contributed by atoms with van der Waals surface area (Å²) in [4.78, 5) is 30.7. The number of rotatable bonds is 4. The van der Waals surface area contributed by atoms with E-state index in [2.05, 4.69) is 9.97 Å². The van der Waals surface area contributed by atoms with E-state index in [4.69, 9.17) is 9.84 Å². The smallest absolute Gasteiger partial charge is 0.341 e. The van der Waals surface area contributed by atoms with Crippen molar-refractivity contribution in [3.05, 3.63) is 59.3 Å². The van der Waals surface area contributed by atoms with Crippen LogP contribution in [0.15, 0.2) is 42.6 Å². The van der Waals surface area contributed by atoms with Crippen LogP contribution in [0.25, 0.3) is 10.9 Å². The largest absolute Gasteiger partial charge is 0.477 e. The van der Waals surface area contributed by atoms with Gasteiger partial charge >= 0.3 is 5.97 Å². The Hall–Kier alpha value is -3.28. The number of benzene rings is 1. The lowest BCUT2D eigenvalue weighted by Crippen LogP contribution is -2.03. The van der Waals surface area contributed by atoms with Crippen molar-refractivity contribution in [2.24, 2.45) is 0 Å². The highest BCUT2D eigenvalue weighted by Gasteiger charge is 2.16. The number of fused-ring (bicyclic) bond motifs is 1. The van der Waals surface area contributed by atoms with Gasteiger partial charge in [-0.1, -0.05) is 12.1 Å². The standard InChI is InChI=1S/C17H12N2O4/c1-10-4-5-11-8-12(9-20)15(19-14(11)7-10)23-16-13(17(21)22)3-2-6-18-16/h2-9H,1H3,(H,21,22). The summed E-state index contributed by atoms with van der Waals surface area (Å²) in [5.74, 6) is -1.25. The molecule has 0 atom stereocenters. The van der Waals surface area contributed by atoms with E-state index in [1.54, 1.807) is 6.07 Å². The molecule has 0 aliphatic rings. The Morgan fingerprint density at radius 1 is 1.22 bits per heavy atom. The maximum absolute atomic E-state index is 11.3. The number of aryl methyl sites for hydroxylation is 1. The summed E-state index contributed by atoms with van der Waals surface area (Å²) in [6.07, 6.45) is 2.03. The van der Waals surface area contributed by atoms with Crippen molar-refractivity contribution < 1.29 is 19.4 Å². The number of nitrogens with zero attached hydrogens (tertiary/aromatic N) is 2. The molecule has 0 saturated heterocycles. The lowest BCUT2D eigenvalue weighted by Gasteiger charge is -2.09. The highest BCUT2D eigenvalue weighted by molar-refractivity contribution is 5.91. The molecule has 0 spiro atoms. The molecular formula is C17H12N2O4. The van der Waals surface area contributed by atoms with Crippen molar-refractivity contribution in [3.63, 3.8) is 0 Å². The maximum Gasteiger partial charge on any atom is 0.341 e. The Morgan fingerprint density at radius 2 is 2.04 bits per heavy atom. The molecule has 0 fully saturated rings. The van der Waals surface area contributed by atoms with E-state index in [-0.39, 0.29) is 22.9 Å². The minimum Gasteiger partial charge on any atom is -0.477 e. The number of carboxylic acids is 1. The van der Waals surface area contributed by atoms with Gasteiger partial charge in [0.15, 0.2) is 6.29 Å². The first-order valence-corrected chi connectivity index (χ1v) is 6.81. The monoisotopic (exact) mass is 308 g/mol. The SMILES string of the molecule is Cc1ccc2cc(C=O)c(Oc3ncccc3C(=O)O)nc2c1. The zero-order chi connectivity index (χ0) is 16.4. The van der Waals surface area contributed by atoms with Crippen LogP contribution in [-0.4, -0.2) is 27.3 Å². The topological polar surface area (TPSA) is 89.4 Å². The van der Waals surface area contributed by atoms with Crippen molar-refractivity contribution in [3.8, 4) is 11.8 Å². The molecule has 0 amide bonds. The van der Waals surface area contributed by atoms with Crippen LogP contribution in [-0.2, 0) is 0 Å². The normalized spacial score (nSPS) is 10.5. The second kappa shape index (κ2) is 5.84. The molecule has 3 aromatic rings. The second-order valence-corrected chi connectivity index (χ2v) is 4.96. The molecule has 114 valence electrons. The number of carbonyl (C=O) groups is 2. The fraction of sp³-hybridized carbons (Fsp3) is 0.0588. The molecule has 0 radical (unpaired) electrons. The molecule has 23 heavy (non-hydrogen) atoms. The number of ether oxygens (including phenoxy) is 1. The van der Waals surface area contributed by atoms with Crippen LogP contribution in [0.3, 0.4) is 0 Å². The molecule has 6 heteroatoms. The highest BCUT2D eigenvalue weighted by atomic mass is 16.5. The first-order chi connectivity index (χ1) is 11.1. The Balaban J connectivity index is 2.12. The fourth-order valence-corrected chi connectivity index (χ4v) is 2.17. The lowest BCUT2D eigenvalue weighted by atomic mass is 10.1. The fourth-order valence-electron chi connectivity index (χ4n) is 2.17. The molecule has 2 heterocycles. The predicted octanol–water partition coefficient (Wildman–Crippen LogP) is 3.24. The maximum atomic E-state index is 11.3. The Labute approximate surface area is 131 Å². The Bertz CT molecular complexity index is 922. The zero-order valence-corrected chi connectivity index (χ0v) is 12.2. The second-order valence-electron chi connectivity index (χ2n) is 4.96. The summed E-state index contributed by atoms with van der Waals surface area (Å²) >= 11 is 0. The van der Waals surface area contributed by atoms with Gasteiger partial charge in [-0.25, -0.2) is 14.8 Å². The average Bonchev–Trinajstić information content (AvgIpc) is 2.54. The number of pyridine rings is 2. The van der Waals surface area contributed by atoms with Crippen molar-refractivity contribution in [1.29, 1.82) is 0 Å². The van der Waals surface area contributed by atoms with Gasteiger partial charge in [0.05, 0.1) is 11.1 Å². The molecule has 0 saturated carbocycles. The van der Waals surface area contributed by atoms with Crippen molar-refractivity contribution in [2.75, 3.05) is 0 Å². The highest BCUT2D eigenvalue weighted by Crippen LogP contribution is 2.27. The van der Waals surface area contributed by atoms with E-state index in [1.165, 1.54) is 18.3 Å². The van der Waals surface area contributed by atoms with Crippen LogP contribution in [0.2, 0.25) is 0 Å². The van der Waals surface area contributed by atoms with Crippen molar-refractivity contribution >= 4 is 23.2 Å². The van der Waals surface area contributed by atoms with Crippen LogP contribution >= 0.6 is 0 Å². The molecule has 0 unspecified atom stereocenters. The van der Waals surface area contributed by atoms with Crippen LogP contribution in [0.4, 0.5) is 0 Å². The van der Waals surface area contributed by atoms with E-state index in [0.717, 1.165) is 10.9 Å². The van der Waals surface area contributed by atoms with Gasteiger partial charge in [-0.15, -0.1) is 0 Å². The van der Waals surface area contributed by atoms with Gasteiger partial charge in [-0.05, 0) is 36.8 Å². The van der Waals surface area contributed by atoms with E-state index in [1.807, 2.05) is 25.1 Å². The van der Waals surface area contributed by atoms with Crippen LogP contribution in [0.5, 0.6) is 11.8 Å². The summed E-state index contributed by atoms with van der Waals surface area (Å²) in [5.41, 5.74) is 1.79. The molecule has 0 aliphatic heterocycles. The number of aromatic carboxylic acids is 1. The molecule has 6 nitrogen and oxygen atoms in total. The third-order valence-corrected chi connectivity index (χ3v) is 3.29.